The summed E-state index contributed by atoms with van der Waals surface area (Å²) in [6.07, 6.45) is 2.47. The van der Waals surface area contributed by atoms with Gasteiger partial charge in [-0.1, -0.05) is 19.1 Å². The highest BCUT2D eigenvalue weighted by molar-refractivity contribution is 5.72. The van der Waals surface area contributed by atoms with Gasteiger partial charge >= 0.3 is 0 Å². The smallest absolute Gasteiger partial charge is 0.242 e. The van der Waals surface area contributed by atoms with Crippen LogP contribution in [0, 0.1) is 0 Å². The zero-order valence-electron chi connectivity index (χ0n) is 12.1. The van der Waals surface area contributed by atoms with Crippen molar-refractivity contribution in [3.05, 3.63) is 36.2 Å². The molecule has 5 heteroatoms. The monoisotopic (exact) mass is 272 g/mol. The molecule has 1 heterocycles. The Morgan fingerprint density at radius 3 is 2.50 bits per heavy atom. The number of aryl methyl sites for hydroxylation is 1. The van der Waals surface area contributed by atoms with E-state index in [1.165, 1.54) is 11.9 Å². The average molecular weight is 272 g/mol. The van der Waals surface area contributed by atoms with Crippen LogP contribution in [0.15, 0.2) is 30.6 Å². The lowest BCUT2D eigenvalue weighted by Gasteiger charge is -2.13. The van der Waals surface area contributed by atoms with Crippen molar-refractivity contribution in [2.45, 2.75) is 33.3 Å². The van der Waals surface area contributed by atoms with Crippen molar-refractivity contribution in [1.29, 1.82) is 0 Å². The molecule has 1 aromatic carbocycles. The number of anilines is 3. The quantitative estimate of drug-likeness (QED) is 0.874. The van der Waals surface area contributed by atoms with Crippen LogP contribution >= 0.6 is 0 Å². The first kappa shape index (κ1) is 14.1. The second kappa shape index (κ2) is 6.23. The molecule has 20 heavy (non-hydrogen) atoms. The predicted molar refractivity (Wildman–Crippen MR) is 81.3 cm³/mol. The average Bonchev–Trinajstić information content (AvgIpc) is 2.43. The molecule has 5 nitrogen and oxygen atoms in total. The first-order valence-corrected chi connectivity index (χ1v) is 6.73. The van der Waals surface area contributed by atoms with Crippen molar-refractivity contribution in [1.82, 2.24) is 9.97 Å². The molecule has 0 aliphatic heterocycles. The molecule has 0 saturated heterocycles. The van der Waals surface area contributed by atoms with Gasteiger partial charge in [0.1, 0.15) is 12.0 Å². The summed E-state index contributed by atoms with van der Waals surface area (Å²) in [5, 5.41) is 3.18. The molecule has 0 fully saturated rings. The molecule has 0 unspecified atom stereocenters. The van der Waals surface area contributed by atoms with E-state index in [4.69, 9.17) is 10.5 Å². The zero-order valence-corrected chi connectivity index (χ0v) is 12.1. The molecule has 0 spiro atoms. The van der Waals surface area contributed by atoms with Gasteiger partial charge in [-0.05, 0) is 38.0 Å². The summed E-state index contributed by atoms with van der Waals surface area (Å²) in [5.74, 6) is 0.961. The molecule has 0 aliphatic carbocycles. The minimum atomic E-state index is 0.0175. The van der Waals surface area contributed by atoms with E-state index in [2.05, 4.69) is 34.3 Å². The summed E-state index contributed by atoms with van der Waals surface area (Å²) >= 11 is 0. The Morgan fingerprint density at radius 2 is 1.90 bits per heavy atom. The molecule has 0 amide bonds. The molecule has 2 aromatic rings. The minimum absolute atomic E-state index is 0.0175. The van der Waals surface area contributed by atoms with Crippen LogP contribution in [0.25, 0.3) is 0 Å². The molecular formula is C15H20N4O. The van der Waals surface area contributed by atoms with Gasteiger partial charge in [0.2, 0.25) is 5.88 Å². The molecule has 1 aromatic heterocycles. The van der Waals surface area contributed by atoms with Gasteiger partial charge in [-0.15, -0.1) is 0 Å². The maximum Gasteiger partial charge on any atom is 0.242 e. The zero-order chi connectivity index (χ0) is 14.5. The third-order valence-electron chi connectivity index (χ3n) is 2.82. The summed E-state index contributed by atoms with van der Waals surface area (Å²) in [7, 11) is 0. The molecule has 106 valence electrons. The highest BCUT2D eigenvalue weighted by Gasteiger charge is 2.10. The van der Waals surface area contributed by atoms with Gasteiger partial charge in [0, 0.05) is 5.69 Å². The van der Waals surface area contributed by atoms with Crippen molar-refractivity contribution in [3.8, 4) is 5.88 Å². The van der Waals surface area contributed by atoms with Crippen molar-refractivity contribution in [3.63, 3.8) is 0 Å². The van der Waals surface area contributed by atoms with Crippen LogP contribution in [-0.2, 0) is 6.42 Å². The molecule has 0 radical (unpaired) electrons. The second-order valence-corrected chi connectivity index (χ2v) is 4.78. The van der Waals surface area contributed by atoms with Crippen LogP contribution in [0.5, 0.6) is 5.88 Å². The molecule has 0 bridgehead atoms. The fraction of sp³-hybridized carbons (Fsp3) is 0.333. The van der Waals surface area contributed by atoms with Crippen LogP contribution in [0.4, 0.5) is 17.2 Å². The van der Waals surface area contributed by atoms with E-state index in [0.717, 1.165) is 12.1 Å². The number of nitrogens with one attached hydrogen (secondary N) is 1. The third-order valence-corrected chi connectivity index (χ3v) is 2.82. The van der Waals surface area contributed by atoms with Crippen LogP contribution in [0.2, 0.25) is 0 Å². The number of nitrogen functional groups attached to an aromatic ring is 1. The standard InChI is InChI=1S/C15H20N4O/c1-4-11-5-7-12(8-6-11)19-14-13(16)15(18-9-17-14)20-10(2)3/h5-10H,4,16H2,1-3H3,(H,17,18,19). The van der Waals surface area contributed by atoms with E-state index >= 15 is 0 Å². The molecule has 0 aliphatic rings. The number of nitrogens with two attached hydrogens (primary N) is 1. The topological polar surface area (TPSA) is 73.1 Å². The normalized spacial score (nSPS) is 10.6. The fourth-order valence-corrected chi connectivity index (χ4v) is 1.76. The van der Waals surface area contributed by atoms with Gasteiger partial charge in [-0.2, -0.15) is 4.98 Å². The Morgan fingerprint density at radius 1 is 1.20 bits per heavy atom. The predicted octanol–water partition coefficient (Wildman–Crippen LogP) is 3.15. The molecule has 0 saturated carbocycles. The largest absolute Gasteiger partial charge is 0.473 e. The maximum absolute atomic E-state index is 6.02. The van der Waals surface area contributed by atoms with Crippen molar-refractivity contribution in [2.24, 2.45) is 0 Å². The summed E-state index contributed by atoms with van der Waals surface area (Å²) in [6.45, 7) is 5.98. The number of nitrogens with zero attached hydrogens (tertiary/aromatic N) is 2. The van der Waals surface area contributed by atoms with Gasteiger partial charge < -0.3 is 15.8 Å². The van der Waals surface area contributed by atoms with E-state index in [0.29, 0.717) is 17.4 Å². The van der Waals surface area contributed by atoms with Gasteiger partial charge in [0.15, 0.2) is 5.82 Å². The van der Waals surface area contributed by atoms with E-state index in [1.807, 2.05) is 26.0 Å². The first-order valence-electron chi connectivity index (χ1n) is 6.73. The molecule has 2 rings (SSSR count). The Hall–Kier alpha value is -2.30. The van der Waals surface area contributed by atoms with Crippen molar-refractivity contribution in [2.75, 3.05) is 11.1 Å². The Balaban J connectivity index is 2.20. The lowest BCUT2D eigenvalue weighted by Crippen LogP contribution is -2.10. The van der Waals surface area contributed by atoms with Gasteiger partial charge in [0.25, 0.3) is 0 Å². The summed E-state index contributed by atoms with van der Waals surface area (Å²) in [6, 6.07) is 8.16. The van der Waals surface area contributed by atoms with Gasteiger partial charge in [-0.3, -0.25) is 0 Å². The number of rotatable bonds is 5. The van der Waals surface area contributed by atoms with Gasteiger partial charge in [-0.25, -0.2) is 4.98 Å². The Bertz CT molecular complexity index is 567. The summed E-state index contributed by atoms with van der Waals surface area (Å²) in [4.78, 5) is 8.21. The molecule has 3 N–H and O–H groups in total. The van der Waals surface area contributed by atoms with Gasteiger partial charge in [0.05, 0.1) is 6.10 Å². The Labute approximate surface area is 119 Å². The van der Waals surface area contributed by atoms with E-state index in [9.17, 15) is 0 Å². The lowest BCUT2D eigenvalue weighted by atomic mass is 10.1. The van der Waals surface area contributed by atoms with Crippen LogP contribution in [0.3, 0.4) is 0 Å². The van der Waals surface area contributed by atoms with E-state index < -0.39 is 0 Å². The SMILES string of the molecule is CCc1ccc(Nc2ncnc(OC(C)C)c2N)cc1. The molecule has 0 atom stereocenters. The number of hydrogen-bond donors (Lipinski definition) is 2. The number of hydrogen-bond acceptors (Lipinski definition) is 5. The van der Waals surface area contributed by atoms with Crippen molar-refractivity contribution >= 4 is 17.2 Å². The van der Waals surface area contributed by atoms with Crippen molar-refractivity contribution < 1.29 is 4.74 Å². The number of ether oxygens (including phenoxy) is 1. The maximum atomic E-state index is 6.02. The van der Waals surface area contributed by atoms with E-state index in [1.54, 1.807) is 0 Å². The number of benzene rings is 1. The van der Waals surface area contributed by atoms with E-state index in [-0.39, 0.29) is 6.10 Å². The highest BCUT2D eigenvalue weighted by Crippen LogP contribution is 2.28. The first-order chi connectivity index (χ1) is 9.60. The second-order valence-electron chi connectivity index (χ2n) is 4.78. The number of aromatic nitrogens is 2. The Kier molecular flexibility index (Phi) is 4.40. The summed E-state index contributed by atoms with van der Waals surface area (Å²) in [5.41, 5.74) is 8.66. The molecular weight excluding hydrogens is 252 g/mol. The third kappa shape index (κ3) is 3.38. The highest BCUT2D eigenvalue weighted by atomic mass is 16.5. The fourth-order valence-electron chi connectivity index (χ4n) is 1.76. The van der Waals surface area contributed by atoms with Crippen LogP contribution in [0.1, 0.15) is 26.3 Å². The van der Waals surface area contributed by atoms with Crippen LogP contribution < -0.4 is 15.8 Å². The summed E-state index contributed by atoms with van der Waals surface area (Å²) < 4.78 is 5.54. The minimum Gasteiger partial charge on any atom is -0.473 e. The van der Waals surface area contributed by atoms with Crippen LogP contribution in [-0.4, -0.2) is 16.1 Å². The lowest BCUT2D eigenvalue weighted by molar-refractivity contribution is 0.234.